The molecule has 2 aromatic rings. The van der Waals surface area contributed by atoms with E-state index in [0.717, 1.165) is 29.7 Å². The first-order chi connectivity index (χ1) is 15.8. The van der Waals surface area contributed by atoms with Gasteiger partial charge in [0.25, 0.3) is 0 Å². The number of rotatable bonds is 7. The molecule has 1 fully saturated rings. The van der Waals surface area contributed by atoms with E-state index in [0.29, 0.717) is 57.4 Å². The molecule has 0 bridgehead atoms. The number of aromatic nitrogens is 2. The molecule has 0 saturated heterocycles. The van der Waals surface area contributed by atoms with Crippen LogP contribution < -0.4 is 0 Å². The van der Waals surface area contributed by atoms with E-state index in [1.165, 1.54) is 12.1 Å². The quantitative estimate of drug-likeness (QED) is 0.663. The van der Waals surface area contributed by atoms with Gasteiger partial charge in [0.15, 0.2) is 0 Å². The zero-order valence-electron chi connectivity index (χ0n) is 19.1. The number of aliphatic carboxylic acids is 1. The molecule has 1 aromatic carbocycles. The number of benzene rings is 1. The number of hydrogen-bond acceptors (Lipinski definition) is 4. The molecule has 0 radical (unpaired) electrons. The number of amides is 1. The highest BCUT2D eigenvalue weighted by Crippen LogP contribution is 2.43. The molecule has 7 nitrogen and oxygen atoms in total. The number of fused-ring (bicyclic) bond motifs is 1. The van der Waals surface area contributed by atoms with E-state index >= 15 is 0 Å². The summed E-state index contributed by atoms with van der Waals surface area (Å²) in [7, 11) is 0. The van der Waals surface area contributed by atoms with E-state index in [-0.39, 0.29) is 24.2 Å². The van der Waals surface area contributed by atoms with Crippen molar-refractivity contribution < 1.29 is 24.2 Å². The number of halogens is 1. The lowest BCUT2D eigenvalue weighted by atomic mass is 9.68. The van der Waals surface area contributed by atoms with E-state index in [4.69, 9.17) is 0 Å². The number of carboxylic acid groups (broad SMARTS) is 1. The molecule has 0 spiro atoms. The summed E-state index contributed by atoms with van der Waals surface area (Å²) >= 11 is 0. The number of carbonyl (C=O) groups is 2. The number of carbonyl (C=O) groups excluding carboxylic acids is 1. The molecule has 2 aliphatic rings. The Balaban J connectivity index is 1.42. The van der Waals surface area contributed by atoms with Gasteiger partial charge in [0, 0.05) is 18.5 Å². The molecule has 1 amide bonds. The van der Waals surface area contributed by atoms with Gasteiger partial charge in [-0.2, -0.15) is 5.10 Å². The van der Waals surface area contributed by atoms with E-state index in [1.807, 2.05) is 16.5 Å². The van der Waals surface area contributed by atoms with E-state index in [9.17, 15) is 24.2 Å². The Hall–Kier alpha value is -2.74. The minimum absolute atomic E-state index is 0.0880. The summed E-state index contributed by atoms with van der Waals surface area (Å²) in [5.41, 5.74) is 2.82. The third kappa shape index (κ3) is 4.81. The predicted molar refractivity (Wildman–Crippen MR) is 120 cm³/mol. The highest BCUT2D eigenvalue weighted by Gasteiger charge is 2.41. The SMILES string of the molecule is CC[C@]1(C(=O)O)CC[C@H](CC(=O)N2CCc3c(CO)nn(Cc4ccc(F)cc4)c3C2)CC1. The zero-order valence-corrected chi connectivity index (χ0v) is 19.1. The number of aliphatic hydroxyl groups excluding tert-OH is 1. The van der Waals surface area contributed by atoms with Crippen molar-refractivity contribution in [1.82, 2.24) is 14.7 Å². The molecule has 178 valence electrons. The third-order valence-corrected chi connectivity index (χ3v) is 7.63. The van der Waals surface area contributed by atoms with Crippen molar-refractivity contribution in [2.45, 2.75) is 71.6 Å². The molecule has 33 heavy (non-hydrogen) atoms. The summed E-state index contributed by atoms with van der Waals surface area (Å²) in [6.45, 7) is 3.24. The second kappa shape index (κ2) is 9.63. The number of hydrogen-bond donors (Lipinski definition) is 2. The Morgan fingerprint density at radius 2 is 1.91 bits per heavy atom. The first-order valence-electron chi connectivity index (χ1n) is 11.8. The summed E-state index contributed by atoms with van der Waals surface area (Å²) in [6.07, 6.45) is 4.50. The summed E-state index contributed by atoms with van der Waals surface area (Å²) in [4.78, 5) is 26.7. The average Bonchev–Trinajstić information content (AvgIpc) is 3.17. The van der Waals surface area contributed by atoms with Crippen LogP contribution in [0.25, 0.3) is 0 Å². The Bertz CT molecular complexity index is 1010. The molecule has 8 heteroatoms. The van der Waals surface area contributed by atoms with Crippen molar-refractivity contribution in [3.8, 4) is 0 Å². The molecule has 1 aliphatic heterocycles. The predicted octanol–water partition coefficient (Wildman–Crippen LogP) is 3.51. The van der Waals surface area contributed by atoms with Gasteiger partial charge in [-0.25, -0.2) is 4.39 Å². The van der Waals surface area contributed by atoms with Crippen LogP contribution in [0.15, 0.2) is 24.3 Å². The van der Waals surface area contributed by atoms with Gasteiger partial charge < -0.3 is 15.1 Å². The molecule has 0 atom stereocenters. The molecule has 1 saturated carbocycles. The van der Waals surface area contributed by atoms with Crippen LogP contribution in [-0.4, -0.2) is 43.3 Å². The normalized spacial score (nSPS) is 22.8. The largest absolute Gasteiger partial charge is 0.481 e. The fourth-order valence-corrected chi connectivity index (χ4v) is 5.32. The van der Waals surface area contributed by atoms with Crippen LogP contribution >= 0.6 is 0 Å². The van der Waals surface area contributed by atoms with Gasteiger partial charge in [-0.1, -0.05) is 19.1 Å². The van der Waals surface area contributed by atoms with Crippen molar-refractivity contribution in [2.75, 3.05) is 6.54 Å². The number of aliphatic hydroxyl groups is 1. The van der Waals surface area contributed by atoms with Gasteiger partial charge >= 0.3 is 5.97 Å². The van der Waals surface area contributed by atoms with Gasteiger partial charge in [-0.15, -0.1) is 0 Å². The van der Waals surface area contributed by atoms with Gasteiger partial charge in [-0.3, -0.25) is 14.3 Å². The first kappa shape index (κ1) is 23.4. The lowest BCUT2D eigenvalue weighted by Gasteiger charge is -2.37. The first-order valence-corrected chi connectivity index (χ1v) is 11.8. The smallest absolute Gasteiger partial charge is 0.309 e. The molecule has 1 aliphatic carbocycles. The molecular weight excluding hydrogens is 425 g/mol. The number of nitrogens with zero attached hydrogens (tertiary/aromatic N) is 3. The van der Waals surface area contributed by atoms with Crippen molar-refractivity contribution in [2.24, 2.45) is 11.3 Å². The fraction of sp³-hybridized carbons (Fsp3) is 0.560. The van der Waals surface area contributed by atoms with Gasteiger partial charge in [0.05, 0.1) is 36.5 Å². The molecular formula is C25H32FN3O4. The van der Waals surface area contributed by atoms with Crippen LogP contribution in [0, 0.1) is 17.2 Å². The lowest BCUT2D eigenvalue weighted by Crippen LogP contribution is -2.39. The Morgan fingerprint density at radius 3 is 2.52 bits per heavy atom. The van der Waals surface area contributed by atoms with Crippen molar-refractivity contribution in [1.29, 1.82) is 0 Å². The topological polar surface area (TPSA) is 95.7 Å². The second-order valence-electron chi connectivity index (χ2n) is 9.47. The molecule has 2 N–H and O–H groups in total. The fourth-order valence-electron chi connectivity index (χ4n) is 5.32. The second-order valence-corrected chi connectivity index (χ2v) is 9.47. The van der Waals surface area contributed by atoms with Gasteiger partial charge in [-0.05, 0) is 62.1 Å². The maximum Gasteiger partial charge on any atom is 0.309 e. The minimum Gasteiger partial charge on any atom is -0.481 e. The standard InChI is InChI=1S/C25H32FN3O4/c1-2-25(24(32)33)10-7-17(8-11-25)13-23(31)28-12-9-20-21(16-30)27-29(22(20)15-28)14-18-3-5-19(26)6-4-18/h3-6,17,30H,2,7-16H2,1H3,(H,32,33)/t17-,25-. The minimum atomic E-state index is -0.715. The van der Waals surface area contributed by atoms with Crippen molar-refractivity contribution in [3.05, 3.63) is 52.6 Å². The Kier molecular flexibility index (Phi) is 6.83. The highest BCUT2D eigenvalue weighted by molar-refractivity contribution is 5.77. The molecule has 0 unspecified atom stereocenters. The summed E-state index contributed by atoms with van der Waals surface area (Å²) < 4.78 is 15.1. The Labute approximate surface area is 193 Å². The van der Waals surface area contributed by atoms with Crippen LogP contribution in [0.5, 0.6) is 0 Å². The summed E-state index contributed by atoms with van der Waals surface area (Å²) in [5.74, 6) is -0.705. The van der Waals surface area contributed by atoms with Gasteiger partial charge in [0.2, 0.25) is 5.91 Å². The molecule has 1 aromatic heterocycles. The van der Waals surface area contributed by atoms with Crippen molar-refractivity contribution in [3.63, 3.8) is 0 Å². The van der Waals surface area contributed by atoms with Crippen LogP contribution in [0.3, 0.4) is 0 Å². The monoisotopic (exact) mass is 457 g/mol. The van der Waals surface area contributed by atoms with E-state index in [2.05, 4.69) is 5.10 Å². The highest BCUT2D eigenvalue weighted by atomic mass is 19.1. The maximum atomic E-state index is 13.3. The Morgan fingerprint density at radius 1 is 1.21 bits per heavy atom. The van der Waals surface area contributed by atoms with Crippen LogP contribution in [-0.2, 0) is 35.7 Å². The van der Waals surface area contributed by atoms with Crippen molar-refractivity contribution >= 4 is 11.9 Å². The van der Waals surface area contributed by atoms with Crippen LogP contribution in [0.4, 0.5) is 4.39 Å². The molecule has 4 rings (SSSR count). The third-order valence-electron chi connectivity index (χ3n) is 7.63. The van der Waals surface area contributed by atoms with Crippen LogP contribution in [0.2, 0.25) is 0 Å². The lowest BCUT2D eigenvalue weighted by molar-refractivity contribution is -0.152. The zero-order chi connectivity index (χ0) is 23.6. The van der Waals surface area contributed by atoms with E-state index in [1.54, 1.807) is 12.1 Å². The van der Waals surface area contributed by atoms with E-state index < -0.39 is 11.4 Å². The summed E-state index contributed by atoms with van der Waals surface area (Å²) in [5, 5.41) is 23.9. The van der Waals surface area contributed by atoms with Crippen LogP contribution in [0.1, 0.15) is 68.0 Å². The molecule has 2 heterocycles. The maximum absolute atomic E-state index is 13.3. The average molecular weight is 458 g/mol. The van der Waals surface area contributed by atoms with Gasteiger partial charge in [0.1, 0.15) is 5.82 Å². The summed E-state index contributed by atoms with van der Waals surface area (Å²) in [6, 6.07) is 6.25. The number of carboxylic acids is 1.